The van der Waals surface area contributed by atoms with Gasteiger partial charge in [0, 0.05) is 12.8 Å². The lowest BCUT2D eigenvalue weighted by Crippen LogP contribution is -2.28. The van der Waals surface area contributed by atoms with E-state index in [0.717, 1.165) is 70.6 Å². The van der Waals surface area contributed by atoms with Gasteiger partial charge in [0.1, 0.15) is 12.6 Å². The summed E-state index contributed by atoms with van der Waals surface area (Å²) in [6, 6.07) is 0. The maximum Gasteiger partial charge on any atom is 0.322 e. The van der Waals surface area contributed by atoms with Crippen LogP contribution in [0.4, 0.5) is 0 Å². The first kappa shape index (κ1) is 42.6. The van der Waals surface area contributed by atoms with Crippen molar-refractivity contribution < 1.29 is 24.2 Å². The molecular weight excluding hydrogens is 562 g/mol. The first-order valence-electron chi connectivity index (χ1n) is 18.6. The van der Waals surface area contributed by atoms with E-state index in [9.17, 15) is 14.4 Å². The number of esters is 1. The number of carboxylic acid groups (broad SMARTS) is 1. The molecule has 45 heavy (non-hydrogen) atoms. The predicted octanol–water partition coefficient (Wildman–Crippen LogP) is 10.9. The highest BCUT2D eigenvalue weighted by Crippen LogP contribution is 2.15. The average molecular weight is 632 g/mol. The number of carbonyl (C=O) groups excluding carboxylic acids is 2. The fraction of sp³-hybridized carbons (Fsp3) is 0.769. The van der Waals surface area contributed by atoms with Crippen LogP contribution in [-0.4, -0.2) is 35.6 Å². The van der Waals surface area contributed by atoms with Crippen LogP contribution >= 0.6 is 0 Å². The van der Waals surface area contributed by atoms with Crippen LogP contribution in [0.25, 0.3) is 0 Å². The van der Waals surface area contributed by atoms with Gasteiger partial charge < -0.3 is 15.2 Å². The smallest absolute Gasteiger partial charge is 0.322 e. The molecular formula is C39H69NO5. The lowest BCUT2D eigenvalue weighted by Gasteiger charge is -2.14. The van der Waals surface area contributed by atoms with Gasteiger partial charge in [-0.2, -0.15) is 0 Å². The highest BCUT2D eigenvalue weighted by atomic mass is 16.5. The quantitative estimate of drug-likeness (QED) is 0.0427. The third kappa shape index (κ3) is 34.3. The summed E-state index contributed by atoms with van der Waals surface area (Å²) in [7, 11) is 0. The van der Waals surface area contributed by atoms with Crippen molar-refractivity contribution in [3.8, 4) is 0 Å². The van der Waals surface area contributed by atoms with Crippen LogP contribution < -0.4 is 5.32 Å². The van der Waals surface area contributed by atoms with Crippen molar-refractivity contribution in [1.29, 1.82) is 0 Å². The van der Waals surface area contributed by atoms with Gasteiger partial charge in [0.2, 0.25) is 5.91 Å². The van der Waals surface area contributed by atoms with E-state index in [4.69, 9.17) is 9.84 Å². The number of allylic oxidation sites excluding steroid dienone is 5. The maximum absolute atomic E-state index is 12.6. The third-order valence-corrected chi connectivity index (χ3v) is 8.02. The lowest BCUT2D eigenvalue weighted by atomic mass is 10.1. The Balaban J connectivity index is 4.25. The van der Waals surface area contributed by atoms with Crippen LogP contribution in [-0.2, 0) is 19.1 Å². The van der Waals surface area contributed by atoms with Crippen LogP contribution in [0.2, 0.25) is 0 Å². The molecule has 260 valence electrons. The highest BCUT2D eigenvalue weighted by molar-refractivity contribution is 5.80. The van der Waals surface area contributed by atoms with Crippen molar-refractivity contribution in [3.05, 3.63) is 36.5 Å². The van der Waals surface area contributed by atoms with Gasteiger partial charge in [-0.15, -0.1) is 0 Å². The Hall–Kier alpha value is -2.37. The molecule has 0 aliphatic heterocycles. The topological polar surface area (TPSA) is 92.7 Å². The molecule has 0 aliphatic rings. The Bertz CT molecular complexity index is 788. The van der Waals surface area contributed by atoms with Gasteiger partial charge in [-0.05, 0) is 76.7 Å². The molecule has 0 aromatic rings. The van der Waals surface area contributed by atoms with Gasteiger partial charge in [-0.3, -0.25) is 14.4 Å². The maximum atomic E-state index is 12.6. The van der Waals surface area contributed by atoms with Crippen molar-refractivity contribution >= 4 is 17.8 Å². The zero-order chi connectivity index (χ0) is 33.1. The Morgan fingerprint density at radius 2 is 1.09 bits per heavy atom. The van der Waals surface area contributed by atoms with Crippen LogP contribution in [0.3, 0.4) is 0 Å². The monoisotopic (exact) mass is 632 g/mol. The van der Waals surface area contributed by atoms with E-state index in [1.54, 1.807) is 0 Å². The van der Waals surface area contributed by atoms with E-state index in [1.165, 1.54) is 83.5 Å². The SMILES string of the molecule is CCCCCC/C=C\C/C=C\C(CCCCCCCCC(=O)NCC(=O)O)OC(=O)CCCCCCC/C=C\CCCCCC. The molecule has 1 amide bonds. The van der Waals surface area contributed by atoms with Crippen LogP contribution in [0.1, 0.15) is 181 Å². The summed E-state index contributed by atoms with van der Waals surface area (Å²) in [5.74, 6) is -1.30. The van der Waals surface area contributed by atoms with Crippen molar-refractivity contribution in [2.75, 3.05) is 6.54 Å². The molecule has 0 radical (unpaired) electrons. The number of unbranched alkanes of at least 4 members (excludes halogenated alkanes) is 18. The van der Waals surface area contributed by atoms with Gasteiger partial charge in [0.25, 0.3) is 0 Å². The lowest BCUT2D eigenvalue weighted by molar-refractivity contribution is -0.147. The fourth-order valence-electron chi connectivity index (χ4n) is 5.22. The third-order valence-electron chi connectivity index (χ3n) is 8.02. The minimum absolute atomic E-state index is 0.0803. The van der Waals surface area contributed by atoms with Crippen LogP contribution in [0, 0.1) is 0 Å². The zero-order valence-electron chi connectivity index (χ0n) is 29.2. The minimum atomic E-state index is -1.02. The van der Waals surface area contributed by atoms with Crippen LogP contribution in [0.5, 0.6) is 0 Å². The molecule has 0 aliphatic carbocycles. The number of amides is 1. The molecule has 1 unspecified atom stereocenters. The second kappa shape index (κ2) is 34.5. The molecule has 0 aromatic heterocycles. The average Bonchev–Trinajstić information content (AvgIpc) is 3.02. The molecule has 0 saturated heterocycles. The second-order valence-corrected chi connectivity index (χ2v) is 12.5. The van der Waals surface area contributed by atoms with E-state index >= 15 is 0 Å². The Labute approximate surface area is 276 Å². The molecule has 6 nitrogen and oxygen atoms in total. The highest BCUT2D eigenvalue weighted by Gasteiger charge is 2.11. The van der Waals surface area contributed by atoms with Gasteiger partial charge in [0.15, 0.2) is 0 Å². The number of rotatable bonds is 33. The predicted molar refractivity (Wildman–Crippen MR) is 189 cm³/mol. The van der Waals surface area contributed by atoms with Gasteiger partial charge in [-0.1, -0.05) is 128 Å². The number of hydrogen-bond donors (Lipinski definition) is 2. The summed E-state index contributed by atoms with van der Waals surface area (Å²) in [6.45, 7) is 4.17. The number of hydrogen-bond acceptors (Lipinski definition) is 4. The molecule has 0 aromatic carbocycles. The van der Waals surface area contributed by atoms with Gasteiger partial charge >= 0.3 is 11.9 Å². The minimum Gasteiger partial charge on any atom is -0.480 e. The molecule has 0 rings (SSSR count). The molecule has 0 heterocycles. The second-order valence-electron chi connectivity index (χ2n) is 12.5. The zero-order valence-corrected chi connectivity index (χ0v) is 29.2. The Morgan fingerprint density at radius 3 is 1.67 bits per heavy atom. The molecule has 2 N–H and O–H groups in total. The summed E-state index contributed by atoms with van der Waals surface area (Å²) in [5, 5.41) is 11.0. The number of carboxylic acids is 1. The van der Waals surface area contributed by atoms with E-state index in [0.29, 0.717) is 12.8 Å². The van der Waals surface area contributed by atoms with E-state index in [-0.39, 0.29) is 24.5 Å². The largest absolute Gasteiger partial charge is 0.480 e. The standard InChI is InChI=1S/C39H69NO5/c1-3-5-7-9-11-13-14-15-16-18-20-26-30-34-39(44)45-36(31-27-23-19-17-12-10-8-6-4-2)32-28-24-21-22-25-29-33-37(41)40-35-38(42)43/h13-14,17,19,27,31,36H,3-12,15-16,18,20-26,28-30,32-35H2,1-2H3,(H,40,41)(H,42,43)/b14-13-,19-17-,31-27-. The first-order chi connectivity index (χ1) is 22.0. The number of carbonyl (C=O) groups is 3. The molecule has 1 atom stereocenters. The van der Waals surface area contributed by atoms with Crippen molar-refractivity contribution in [2.24, 2.45) is 0 Å². The number of nitrogens with one attached hydrogen (secondary N) is 1. The van der Waals surface area contributed by atoms with Gasteiger partial charge in [-0.25, -0.2) is 0 Å². The number of aliphatic carboxylic acids is 1. The Kier molecular flexibility index (Phi) is 32.7. The molecule has 0 spiro atoms. The summed E-state index contributed by atoms with van der Waals surface area (Å²) >= 11 is 0. The summed E-state index contributed by atoms with van der Waals surface area (Å²) in [5.41, 5.74) is 0. The van der Waals surface area contributed by atoms with Crippen molar-refractivity contribution in [3.63, 3.8) is 0 Å². The van der Waals surface area contributed by atoms with E-state index in [1.807, 2.05) is 0 Å². The molecule has 0 fully saturated rings. The summed E-state index contributed by atoms with van der Waals surface area (Å²) in [4.78, 5) is 34.7. The first-order valence-corrected chi connectivity index (χ1v) is 18.6. The molecule has 0 saturated carbocycles. The van der Waals surface area contributed by atoms with Crippen molar-refractivity contribution in [2.45, 2.75) is 187 Å². The normalized spacial score (nSPS) is 12.4. The summed E-state index contributed by atoms with van der Waals surface area (Å²) < 4.78 is 5.90. The summed E-state index contributed by atoms with van der Waals surface area (Å²) in [6.07, 6.45) is 41.3. The fourth-order valence-corrected chi connectivity index (χ4v) is 5.22. The van der Waals surface area contributed by atoms with Gasteiger partial charge in [0.05, 0.1) is 0 Å². The number of ether oxygens (including phenoxy) is 1. The molecule has 6 heteroatoms. The van der Waals surface area contributed by atoms with E-state index < -0.39 is 5.97 Å². The molecule has 0 bridgehead atoms. The van der Waals surface area contributed by atoms with Crippen molar-refractivity contribution in [1.82, 2.24) is 5.32 Å². The van der Waals surface area contributed by atoms with E-state index in [2.05, 4.69) is 55.6 Å². The Morgan fingerprint density at radius 1 is 0.600 bits per heavy atom. The van der Waals surface area contributed by atoms with Crippen LogP contribution in [0.15, 0.2) is 36.5 Å².